The highest BCUT2D eigenvalue weighted by Crippen LogP contribution is 2.30. The lowest BCUT2D eigenvalue weighted by molar-refractivity contribution is -0.359. The molecule has 0 bridgehead atoms. The molecule has 9 N–H and O–H groups in total. The second-order valence-corrected chi connectivity index (χ2v) is 19.4. The van der Waals surface area contributed by atoms with Gasteiger partial charge in [-0.1, -0.05) is 206 Å². The molecule has 0 saturated carbocycles. The van der Waals surface area contributed by atoms with E-state index in [2.05, 4.69) is 19.2 Å². The largest absolute Gasteiger partial charge is 0.394 e. The maximum absolute atomic E-state index is 13.2. The number of nitrogens with one attached hydrogen (secondary N) is 1. The first kappa shape index (κ1) is 60.1. The molecular formula is C51H99NO13. The lowest BCUT2D eigenvalue weighted by Gasteiger charge is -2.46. The van der Waals surface area contributed by atoms with E-state index < -0.39 is 86.8 Å². The van der Waals surface area contributed by atoms with Gasteiger partial charge in [-0.25, -0.2) is 0 Å². The van der Waals surface area contributed by atoms with Crippen molar-refractivity contribution in [2.45, 2.75) is 299 Å². The summed E-state index contributed by atoms with van der Waals surface area (Å²) in [4.78, 5) is 13.2. The van der Waals surface area contributed by atoms with Crippen LogP contribution in [0.1, 0.15) is 226 Å². The number of amides is 1. The summed E-state index contributed by atoms with van der Waals surface area (Å²) in [5.41, 5.74) is 0. The van der Waals surface area contributed by atoms with Gasteiger partial charge in [-0.05, 0) is 12.8 Å². The van der Waals surface area contributed by atoms with Crippen molar-refractivity contribution in [1.82, 2.24) is 5.32 Å². The van der Waals surface area contributed by atoms with Gasteiger partial charge in [-0.15, -0.1) is 0 Å². The van der Waals surface area contributed by atoms with Gasteiger partial charge < -0.3 is 65.1 Å². The highest BCUT2D eigenvalue weighted by Gasteiger charge is 2.51. The van der Waals surface area contributed by atoms with Crippen molar-refractivity contribution in [2.24, 2.45) is 0 Å². The first-order chi connectivity index (χ1) is 31.6. The second-order valence-electron chi connectivity index (χ2n) is 19.4. The van der Waals surface area contributed by atoms with Crippen LogP contribution in [0.2, 0.25) is 0 Å². The minimum Gasteiger partial charge on any atom is -0.394 e. The second kappa shape index (κ2) is 38.8. The number of hydrogen-bond donors (Lipinski definition) is 9. The highest BCUT2D eigenvalue weighted by atomic mass is 16.7. The molecule has 2 rings (SSSR count). The molecule has 2 saturated heterocycles. The Morgan fingerprint density at radius 2 is 0.877 bits per heavy atom. The summed E-state index contributed by atoms with van der Waals surface area (Å²) in [5, 5.41) is 86.9. The molecule has 386 valence electrons. The molecule has 0 radical (unpaired) electrons. The van der Waals surface area contributed by atoms with Crippen molar-refractivity contribution in [3.05, 3.63) is 0 Å². The van der Waals surface area contributed by atoms with Crippen molar-refractivity contribution in [3.63, 3.8) is 0 Å². The molecule has 2 aliphatic heterocycles. The number of hydrogen-bond acceptors (Lipinski definition) is 13. The average Bonchev–Trinajstić information content (AvgIpc) is 3.30. The van der Waals surface area contributed by atoms with Crippen molar-refractivity contribution < 1.29 is 64.6 Å². The number of carbonyl (C=O) groups is 1. The Kier molecular flexibility index (Phi) is 35.9. The van der Waals surface area contributed by atoms with Gasteiger partial charge in [0.25, 0.3) is 0 Å². The molecule has 2 heterocycles. The van der Waals surface area contributed by atoms with Crippen LogP contribution in [0.5, 0.6) is 0 Å². The quantitative estimate of drug-likeness (QED) is 0.0273. The summed E-state index contributed by atoms with van der Waals surface area (Å²) in [6.45, 7) is 2.86. The molecular weight excluding hydrogens is 835 g/mol. The van der Waals surface area contributed by atoms with Gasteiger partial charge in [-0.3, -0.25) is 4.79 Å². The average molecular weight is 934 g/mol. The van der Waals surface area contributed by atoms with E-state index in [4.69, 9.17) is 18.9 Å². The van der Waals surface area contributed by atoms with Crippen LogP contribution in [0.4, 0.5) is 0 Å². The maximum Gasteiger partial charge on any atom is 0.220 e. The molecule has 2 fully saturated rings. The predicted octanol–water partition coefficient (Wildman–Crippen LogP) is 7.39. The summed E-state index contributed by atoms with van der Waals surface area (Å²) >= 11 is 0. The number of unbranched alkanes of at least 4 members (excludes halogenated alkanes) is 29. The molecule has 1 amide bonds. The topological polar surface area (TPSA) is 228 Å². The van der Waals surface area contributed by atoms with Crippen LogP contribution in [-0.2, 0) is 23.7 Å². The van der Waals surface area contributed by atoms with E-state index >= 15 is 0 Å². The van der Waals surface area contributed by atoms with Gasteiger partial charge in [0.05, 0.1) is 32.0 Å². The number of carbonyl (C=O) groups excluding carboxylic acids is 1. The van der Waals surface area contributed by atoms with Crippen molar-refractivity contribution in [2.75, 3.05) is 19.8 Å². The highest BCUT2D eigenvalue weighted by molar-refractivity contribution is 5.76. The molecule has 0 aliphatic carbocycles. The fourth-order valence-corrected chi connectivity index (χ4v) is 9.18. The van der Waals surface area contributed by atoms with Crippen LogP contribution in [0.15, 0.2) is 0 Å². The Bertz CT molecular complexity index is 1100. The Morgan fingerprint density at radius 1 is 0.492 bits per heavy atom. The Morgan fingerprint density at radius 3 is 1.31 bits per heavy atom. The molecule has 14 heteroatoms. The van der Waals surface area contributed by atoms with Crippen molar-refractivity contribution in [3.8, 4) is 0 Å². The first-order valence-corrected chi connectivity index (χ1v) is 26.8. The molecule has 14 nitrogen and oxygen atoms in total. The third-order valence-electron chi connectivity index (χ3n) is 13.6. The van der Waals surface area contributed by atoms with E-state index in [9.17, 15) is 45.6 Å². The van der Waals surface area contributed by atoms with Crippen LogP contribution in [0, 0.1) is 0 Å². The molecule has 0 aromatic heterocycles. The van der Waals surface area contributed by atoms with Crippen molar-refractivity contribution >= 4 is 5.91 Å². The van der Waals surface area contributed by atoms with Gasteiger partial charge >= 0.3 is 0 Å². The van der Waals surface area contributed by atoms with Crippen LogP contribution in [-0.4, -0.2) is 140 Å². The lowest BCUT2D eigenvalue weighted by Crippen LogP contribution is -2.65. The van der Waals surface area contributed by atoms with Crippen LogP contribution >= 0.6 is 0 Å². The number of aliphatic hydroxyl groups excluding tert-OH is 8. The molecule has 0 aromatic carbocycles. The Labute approximate surface area is 393 Å². The van der Waals surface area contributed by atoms with Crippen LogP contribution in [0.3, 0.4) is 0 Å². The minimum atomic E-state index is -1.78. The fraction of sp³-hybridized carbons (Fsp3) is 0.980. The standard InChI is InChI=1S/C51H99NO13/c1-3-5-7-9-11-13-15-16-17-18-19-20-21-22-23-25-26-28-30-32-34-40(55)39(52-43(56)35-33-31-29-27-24-14-12-10-8-6-4-2)38-62-50-48(61)46(59)49(42(37-54)64-50)65-51-47(60)45(58)44(57)41(36-53)63-51/h39-42,44-51,53-55,57-61H,3-38H2,1-2H3,(H,52,56). The summed E-state index contributed by atoms with van der Waals surface area (Å²) in [5.74, 6) is -0.205. The van der Waals surface area contributed by atoms with Crippen LogP contribution in [0.25, 0.3) is 0 Å². The third kappa shape index (κ3) is 26.0. The lowest BCUT2D eigenvalue weighted by atomic mass is 9.97. The minimum absolute atomic E-state index is 0.205. The van der Waals surface area contributed by atoms with E-state index in [0.29, 0.717) is 12.8 Å². The number of rotatable bonds is 42. The van der Waals surface area contributed by atoms with Gasteiger partial charge in [0, 0.05) is 6.42 Å². The smallest absolute Gasteiger partial charge is 0.220 e. The molecule has 2 aliphatic rings. The molecule has 12 unspecified atom stereocenters. The zero-order valence-corrected chi connectivity index (χ0v) is 41.0. The molecule has 0 spiro atoms. The first-order valence-electron chi connectivity index (χ1n) is 26.8. The zero-order chi connectivity index (χ0) is 47.5. The molecule has 12 atom stereocenters. The maximum atomic E-state index is 13.2. The fourth-order valence-electron chi connectivity index (χ4n) is 9.18. The normalized spacial score (nSPS) is 26.9. The Balaban J connectivity index is 1.78. The van der Waals surface area contributed by atoms with Gasteiger partial charge in [-0.2, -0.15) is 0 Å². The van der Waals surface area contributed by atoms with E-state index in [1.54, 1.807) is 0 Å². The summed E-state index contributed by atoms with van der Waals surface area (Å²) in [7, 11) is 0. The summed E-state index contributed by atoms with van der Waals surface area (Å²) in [6.07, 6.45) is 22.5. The molecule has 0 aromatic rings. The van der Waals surface area contributed by atoms with Gasteiger partial charge in [0.15, 0.2) is 12.6 Å². The van der Waals surface area contributed by atoms with E-state index in [1.807, 2.05) is 0 Å². The van der Waals surface area contributed by atoms with Crippen molar-refractivity contribution in [1.29, 1.82) is 0 Å². The monoisotopic (exact) mass is 934 g/mol. The van der Waals surface area contributed by atoms with Crippen LogP contribution < -0.4 is 5.32 Å². The predicted molar refractivity (Wildman–Crippen MR) is 254 cm³/mol. The Hall–Kier alpha value is -1.01. The van der Waals surface area contributed by atoms with E-state index in [1.165, 1.54) is 148 Å². The third-order valence-corrected chi connectivity index (χ3v) is 13.6. The van der Waals surface area contributed by atoms with E-state index in [-0.39, 0.29) is 12.5 Å². The number of ether oxygens (including phenoxy) is 4. The van der Waals surface area contributed by atoms with E-state index in [0.717, 1.165) is 51.4 Å². The number of aliphatic hydroxyl groups is 8. The summed E-state index contributed by atoms with van der Waals surface area (Å²) in [6, 6.07) is -0.820. The van der Waals surface area contributed by atoms with Gasteiger partial charge in [0.1, 0.15) is 48.8 Å². The zero-order valence-electron chi connectivity index (χ0n) is 41.0. The SMILES string of the molecule is CCCCCCCCCCCCCCCCCCCCCCC(O)C(COC1OC(CO)C(OC2OC(CO)C(O)C(O)C2O)C(O)C1O)NC(=O)CCCCCCCCCCCCC. The molecule has 65 heavy (non-hydrogen) atoms. The van der Waals surface area contributed by atoms with Gasteiger partial charge in [0.2, 0.25) is 5.91 Å². The summed E-state index contributed by atoms with van der Waals surface area (Å²) < 4.78 is 22.8.